The van der Waals surface area contributed by atoms with Gasteiger partial charge in [0.1, 0.15) is 6.04 Å². The van der Waals surface area contributed by atoms with E-state index in [1.807, 2.05) is 26.0 Å². The van der Waals surface area contributed by atoms with E-state index in [4.69, 9.17) is 16.7 Å². The Morgan fingerprint density at radius 2 is 2.06 bits per heavy atom. The molecule has 10 heteroatoms. The quantitative estimate of drug-likeness (QED) is 0.287. The Bertz CT molecular complexity index is 977. The van der Waals surface area contributed by atoms with Gasteiger partial charge in [-0.15, -0.1) is 11.8 Å². The van der Waals surface area contributed by atoms with E-state index in [2.05, 4.69) is 26.6 Å². The summed E-state index contributed by atoms with van der Waals surface area (Å²) in [6, 6.07) is 4.74. The summed E-state index contributed by atoms with van der Waals surface area (Å²) in [6.07, 6.45) is 3.55. The van der Waals surface area contributed by atoms with Crippen LogP contribution in [0.25, 0.3) is 0 Å². The fourth-order valence-corrected chi connectivity index (χ4v) is 9.77. The number of alkyl halides is 1. The normalized spacial score (nSPS) is 31.1. The van der Waals surface area contributed by atoms with E-state index in [1.165, 1.54) is 0 Å². The lowest BCUT2D eigenvalue weighted by atomic mass is 9.70. The Kier molecular flexibility index (Phi) is 8.40. The number of aliphatic hydroxyl groups excluding tert-OH is 1. The summed E-state index contributed by atoms with van der Waals surface area (Å²) in [5.41, 5.74) is 1.40. The van der Waals surface area contributed by atoms with Crippen LogP contribution in [0.2, 0.25) is 5.02 Å². The lowest BCUT2D eigenvalue weighted by Gasteiger charge is -2.35. The van der Waals surface area contributed by atoms with Gasteiger partial charge in [-0.1, -0.05) is 46.6 Å². The minimum absolute atomic E-state index is 0.0422. The monoisotopic (exact) mass is 585 g/mol. The number of hydrogen-bond donors (Lipinski definition) is 3. The number of anilines is 1. The predicted molar refractivity (Wildman–Crippen MR) is 143 cm³/mol. The number of amides is 3. The van der Waals surface area contributed by atoms with Crippen LogP contribution in [-0.2, 0) is 14.4 Å². The molecule has 192 valence electrons. The molecular formula is C25H33BrClN3O4S. The lowest BCUT2D eigenvalue weighted by molar-refractivity contribution is -0.139. The van der Waals surface area contributed by atoms with Crippen molar-refractivity contribution < 1.29 is 19.5 Å². The SMILES string of the molecule is CCCNC(=O)[C@H]1[C@@H]2SC3(CC2Br)C(C(=O)Nc2c(C)cccc2Cl)N(CCCCCO)C(=O)[C@H]13. The van der Waals surface area contributed by atoms with Crippen LogP contribution in [0.4, 0.5) is 5.69 Å². The standard InChI is InChI=1S/C25H33BrClN3O4S/c1-3-10-28-22(32)17-18-24(34)30(11-5-4-6-12-31)21(25(18)13-15(26)20(17)35-25)23(33)29-19-14(2)8-7-9-16(19)27/h7-9,15,17-18,20-21,31H,3-6,10-13H2,1-2H3,(H,28,32)(H,29,33)/t15?,17-,18+,20-,21?,25?/m1/s1. The molecule has 7 nitrogen and oxygen atoms in total. The number of halogens is 2. The van der Waals surface area contributed by atoms with Gasteiger partial charge in [0, 0.05) is 29.8 Å². The van der Waals surface area contributed by atoms with Gasteiger partial charge in [0.25, 0.3) is 0 Å². The Morgan fingerprint density at radius 3 is 2.74 bits per heavy atom. The summed E-state index contributed by atoms with van der Waals surface area (Å²) in [7, 11) is 0. The summed E-state index contributed by atoms with van der Waals surface area (Å²) in [6.45, 7) is 4.95. The first-order valence-electron chi connectivity index (χ1n) is 12.3. The van der Waals surface area contributed by atoms with Crippen molar-refractivity contribution in [3.05, 3.63) is 28.8 Å². The summed E-state index contributed by atoms with van der Waals surface area (Å²) in [5.74, 6) is -1.49. The summed E-state index contributed by atoms with van der Waals surface area (Å²) in [4.78, 5) is 42.8. The number of nitrogens with zero attached hydrogens (tertiary/aromatic N) is 1. The van der Waals surface area contributed by atoms with Crippen molar-refractivity contribution in [3.8, 4) is 0 Å². The van der Waals surface area contributed by atoms with Crippen LogP contribution < -0.4 is 10.6 Å². The van der Waals surface area contributed by atoms with Gasteiger partial charge in [-0.3, -0.25) is 14.4 Å². The molecular weight excluding hydrogens is 554 g/mol. The van der Waals surface area contributed by atoms with Gasteiger partial charge in [-0.05, 0) is 50.7 Å². The molecule has 3 amide bonds. The molecule has 0 radical (unpaired) electrons. The Balaban J connectivity index is 1.68. The molecule has 3 unspecified atom stereocenters. The number of carbonyl (C=O) groups excluding carboxylic acids is 3. The molecule has 3 saturated heterocycles. The van der Waals surface area contributed by atoms with Crippen LogP contribution in [0.5, 0.6) is 0 Å². The number of carbonyl (C=O) groups is 3. The number of unbranched alkanes of at least 4 members (excludes halogenated alkanes) is 2. The second-order valence-corrected chi connectivity index (χ2v) is 12.8. The van der Waals surface area contributed by atoms with E-state index in [9.17, 15) is 14.4 Å². The predicted octanol–water partition coefficient (Wildman–Crippen LogP) is 3.74. The maximum absolute atomic E-state index is 13.9. The minimum Gasteiger partial charge on any atom is -0.396 e. The van der Waals surface area contributed by atoms with Crippen molar-refractivity contribution in [3.63, 3.8) is 0 Å². The van der Waals surface area contributed by atoms with Gasteiger partial charge in [0.2, 0.25) is 17.7 Å². The van der Waals surface area contributed by atoms with Crippen molar-refractivity contribution in [2.45, 2.75) is 66.8 Å². The molecule has 1 aromatic carbocycles. The van der Waals surface area contributed by atoms with Crippen LogP contribution >= 0.6 is 39.3 Å². The van der Waals surface area contributed by atoms with Gasteiger partial charge in [0.05, 0.1) is 27.3 Å². The first-order valence-corrected chi connectivity index (χ1v) is 14.5. The second kappa shape index (κ2) is 11.0. The molecule has 1 spiro atoms. The lowest BCUT2D eigenvalue weighted by Crippen LogP contribution is -2.53. The molecule has 0 aliphatic carbocycles. The first-order chi connectivity index (χ1) is 16.8. The Labute approximate surface area is 224 Å². The van der Waals surface area contributed by atoms with Crippen molar-refractivity contribution in [2.24, 2.45) is 11.8 Å². The number of aryl methyl sites for hydroxylation is 1. The van der Waals surface area contributed by atoms with Gasteiger partial charge in [-0.2, -0.15) is 0 Å². The van der Waals surface area contributed by atoms with E-state index in [-0.39, 0.29) is 34.4 Å². The maximum atomic E-state index is 13.9. The topological polar surface area (TPSA) is 98.7 Å². The Morgan fingerprint density at radius 1 is 1.29 bits per heavy atom. The third kappa shape index (κ3) is 4.74. The molecule has 3 aliphatic rings. The zero-order valence-corrected chi connectivity index (χ0v) is 23.2. The maximum Gasteiger partial charge on any atom is 0.248 e. The zero-order chi connectivity index (χ0) is 25.3. The van der Waals surface area contributed by atoms with E-state index in [0.29, 0.717) is 43.1 Å². The highest BCUT2D eigenvalue weighted by atomic mass is 79.9. The van der Waals surface area contributed by atoms with Crippen LogP contribution in [0.15, 0.2) is 18.2 Å². The number of likely N-dealkylation sites (tertiary alicyclic amines) is 1. The van der Waals surface area contributed by atoms with E-state index in [1.54, 1.807) is 22.7 Å². The summed E-state index contributed by atoms with van der Waals surface area (Å²) >= 11 is 11.8. The average molecular weight is 587 g/mol. The van der Waals surface area contributed by atoms with E-state index in [0.717, 1.165) is 18.4 Å². The smallest absolute Gasteiger partial charge is 0.248 e. The molecule has 6 atom stereocenters. The third-order valence-electron chi connectivity index (χ3n) is 7.42. The van der Waals surface area contributed by atoms with Crippen LogP contribution in [0.3, 0.4) is 0 Å². The molecule has 35 heavy (non-hydrogen) atoms. The largest absolute Gasteiger partial charge is 0.396 e. The number of fused-ring (bicyclic) bond motifs is 1. The molecule has 0 saturated carbocycles. The molecule has 0 aromatic heterocycles. The third-order valence-corrected chi connectivity index (χ3v) is 11.0. The number of rotatable bonds is 10. The van der Waals surface area contributed by atoms with Crippen LogP contribution in [0, 0.1) is 18.8 Å². The van der Waals surface area contributed by atoms with E-state index < -0.39 is 22.6 Å². The first kappa shape index (κ1) is 26.8. The molecule has 2 bridgehead atoms. The number of hydrogen-bond acceptors (Lipinski definition) is 5. The Hall–Kier alpha value is -1.29. The number of thioether (sulfide) groups is 1. The zero-order valence-electron chi connectivity index (χ0n) is 20.1. The highest BCUT2D eigenvalue weighted by Gasteiger charge is 2.75. The fraction of sp³-hybridized carbons (Fsp3) is 0.640. The van der Waals surface area contributed by atoms with Gasteiger partial charge < -0.3 is 20.6 Å². The van der Waals surface area contributed by atoms with E-state index >= 15 is 0 Å². The second-order valence-electron chi connectivity index (χ2n) is 9.69. The summed E-state index contributed by atoms with van der Waals surface area (Å²) in [5, 5.41) is 15.6. The average Bonchev–Trinajstić information content (AvgIpc) is 3.41. The molecule has 3 heterocycles. The van der Waals surface area contributed by atoms with Crippen molar-refractivity contribution >= 4 is 62.7 Å². The number of nitrogens with one attached hydrogen (secondary N) is 2. The molecule has 3 aliphatic heterocycles. The molecule has 1 aromatic rings. The van der Waals surface area contributed by atoms with Crippen molar-refractivity contribution in [1.29, 1.82) is 0 Å². The molecule has 4 rings (SSSR count). The van der Waals surface area contributed by atoms with Gasteiger partial charge >= 0.3 is 0 Å². The number of benzene rings is 1. The van der Waals surface area contributed by atoms with Crippen molar-refractivity contribution in [1.82, 2.24) is 10.2 Å². The van der Waals surface area contributed by atoms with Gasteiger partial charge in [-0.25, -0.2) is 0 Å². The van der Waals surface area contributed by atoms with Crippen LogP contribution in [-0.4, -0.2) is 68.3 Å². The summed E-state index contributed by atoms with van der Waals surface area (Å²) < 4.78 is -0.680. The minimum atomic E-state index is -0.705. The number of aliphatic hydroxyl groups is 1. The fourth-order valence-electron chi connectivity index (χ4n) is 5.89. The number of para-hydroxylation sites is 1. The highest BCUT2D eigenvalue weighted by molar-refractivity contribution is 9.09. The highest BCUT2D eigenvalue weighted by Crippen LogP contribution is 2.67. The molecule has 3 N–H and O–H groups in total. The van der Waals surface area contributed by atoms with Crippen molar-refractivity contribution in [2.75, 3.05) is 25.0 Å². The molecule has 3 fully saturated rings. The van der Waals surface area contributed by atoms with Gasteiger partial charge in [0.15, 0.2) is 0 Å². The van der Waals surface area contributed by atoms with Crippen LogP contribution in [0.1, 0.15) is 44.6 Å².